The number of aryl methyl sites for hydroxylation is 1. The van der Waals surface area contributed by atoms with Gasteiger partial charge in [0, 0.05) is 23.8 Å². The van der Waals surface area contributed by atoms with Crippen LogP contribution in [0.3, 0.4) is 0 Å². The highest BCUT2D eigenvalue weighted by atomic mass is 35.5. The van der Waals surface area contributed by atoms with Crippen LogP contribution in [0.5, 0.6) is 11.5 Å². The lowest BCUT2D eigenvalue weighted by Gasteiger charge is -2.09. The number of hydrogen-bond acceptors (Lipinski definition) is 3. The Bertz CT molecular complexity index is 857. The van der Waals surface area contributed by atoms with Crippen molar-refractivity contribution >= 4 is 28.5 Å². The average molecular weight is 360 g/mol. The first-order chi connectivity index (χ1) is 12.1. The maximum Gasteiger partial charge on any atom is 0.341 e. The predicted molar refractivity (Wildman–Crippen MR) is 96.6 cm³/mol. The molecule has 0 aliphatic rings. The fourth-order valence-electron chi connectivity index (χ4n) is 2.55. The quantitative estimate of drug-likeness (QED) is 0.611. The third-order valence-electron chi connectivity index (χ3n) is 3.73. The highest BCUT2D eigenvalue weighted by Crippen LogP contribution is 2.22. The predicted octanol–water partition coefficient (Wildman–Crippen LogP) is 4.23. The van der Waals surface area contributed by atoms with Crippen molar-refractivity contribution in [3.05, 3.63) is 59.8 Å². The molecule has 1 N–H and O–H groups in total. The largest absolute Gasteiger partial charge is 0.494 e. The summed E-state index contributed by atoms with van der Waals surface area (Å²) in [6.45, 7) is 1.04. The number of rotatable bonds is 8. The number of fused-ring (bicyclic) bond motifs is 1. The first-order valence-electron chi connectivity index (χ1n) is 7.94. The number of aromatic nitrogens is 1. The van der Waals surface area contributed by atoms with Gasteiger partial charge in [-0.25, -0.2) is 4.79 Å². The van der Waals surface area contributed by atoms with Gasteiger partial charge in [0.05, 0.1) is 12.1 Å². The first-order valence-corrected chi connectivity index (χ1v) is 8.31. The number of carboxylic acids is 1. The van der Waals surface area contributed by atoms with E-state index in [0.29, 0.717) is 17.4 Å². The summed E-state index contributed by atoms with van der Waals surface area (Å²) in [5.41, 5.74) is 1.01. The normalized spacial score (nSPS) is 10.8. The lowest BCUT2D eigenvalue weighted by Crippen LogP contribution is -2.09. The molecule has 0 atom stereocenters. The molecule has 1 heterocycles. The van der Waals surface area contributed by atoms with E-state index in [0.717, 1.165) is 29.6 Å². The van der Waals surface area contributed by atoms with E-state index in [-0.39, 0.29) is 6.61 Å². The molecule has 1 aromatic heterocycles. The summed E-state index contributed by atoms with van der Waals surface area (Å²) in [6.07, 6.45) is 2.85. The van der Waals surface area contributed by atoms with Gasteiger partial charge >= 0.3 is 5.97 Å². The number of nitrogens with zero attached hydrogens (tertiary/aromatic N) is 1. The van der Waals surface area contributed by atoms with E-state index in [2.05, 4.69) is 4.57 Å². The topological polar surface area (TPSA) is 60.7 Å². The van der Waals surface area contributed by atoms with Crippen molar-refractivity contribution in [2.24, 2.45) is 0 Å². The summed E-state index contributed by atoms with van der Waals surface area (Å²) in [5.74, 6) is 0.355. The minimum absolute atomic E-state index is 0.346. The zero-order valence-corrected chi connectivity index (χ0v) is 14.3. The molecular formula is C19H18ClNO4. The van der Waals surface area contributed by atoms with Crippen LogP contribution in [0.1, 0.15) is 6.42 Å². The first kappa shape index (κ1) is 17.2. The molecule has 0 fully saturated rings. The molecular weight excluding hydrogens is 342 g/mol. The summed E-state index contributed by atoms with van der Waals surface area (Å²) in [5, 5.41) is 10.5. The summed E-state index contributed by atoms with van der Waals surface area (Å²) in [6, 6.07) is 14.9. The Morgan fingerprint density at radius 2 is 1.80 bits per heavy atom. The van der Waals surface area contributed by atoms with Gasteiger partial charge in [-0.15, -0.1) is 0 Å². The summed E-state index contributed by atoms with van der Waals surface area (Å²) >= 11 is 5.85. The SMILES string of the molecule is O=C(O)COc1ccc2ccn(CCCOc3ccc(Cl)cc3)c2c1. The molecule has 3 rings (SSSR count). The van der Waals surface area contributed by atoms with Gasteiger partial charge in [-0.3, -0.25) is 0 Å². The minimum atomic E-state index is -0.991. The Kier molecular flexibility index (Phi) is 5.46. The van der Waals surface area contributed by atoms with Crippen LogP contribution in [0.2, 0.25) is 5.02 Å². The van der Waals surface area contributed by atoms with Crippen LogP contribution in [0, 0.1) is 0 Å². The molecule has 0 spiro atoms. The summed E-state index contributed by atoms with van der Waals surface area (Å²) in [7, 11) is 0. The van der Waals surface area contributed by atoms with Crippen LogP contribution in [-0.4, -0.2) is 28.9 Å². The van der Waals surface area contributed by atoms with E-state index in [1.807, 2.05) is 36.5 Å². The second-order valence-electron chi connectivity index (χ2n) is 5.57. The second kappa shape index (κ2) is 7.94. The van der Waals surface area contributed by atoms with Crippen LogP contribution in [0.4, 0.5) is 0 Å². The average Bonchev–Trinajstić information content (AvgIpc) is 3.01. The Morgan fingerprint density at radius 1 is 1.04 bits per heavy atom. The summed E-state index contributed by atoms with van der Waals surface area (Å²) in [4.78, 5) is 10.6. The van der Waals surface area contributed by atoms with Gasteiger partial charge in [-0.1, -0.05) is 11.6 Å². The van der Waals surface area contributed by atoms with Crippen LogP contribution >= 0.6 is 11.6 Å². The number of halogens is 1. The van der Waals surface area contributed by atoms with Gasteiger partial charge in [0.15, 0.2) is 6.61 Å². The standard InChI is InChI=1S/C19H18ClNO4/c20-15-3-6-16(7-4-15)24-11-1-9-21-10-8-14-2-5-17(12-18(14)21)25-13-19(22)23/h2-8,10,12H,1,9,11,13H2,(H,22,23). The van der Waals surface area contributed by atoms with E-state index >= 15 is 0 Å². The Labute approximate surface area is 150 Å². The van der Waals surface area contributed by atoms with E-state index < -0.39 is 5.97 Å². The number of hydrogen-bond donors (Lipinski definition) is 1. The highest BCUT2D eigenvalue weighted by molar-refractivity contribution is 6.30. The number of carboxylic acid groups (broad SMARTS) is 1. The molecule has 5 nitrogen and oxygen atoms in total. The van der Waals surface area contributed by atoms with E-state index in [1.165, 1.54) is 0 Å². The van der Waals surface area contributed by atoms with Crippen LogP contribution in [-0.2, 0) is 11.3 Å². The lowest BCUT2D eigenvalue weighted by molar-refractivity contribution is -0.139. The van der Waals surface area contributed by atoms with Crippen molar-refractivity contribution in [1.29, 1.82) is 0 Å². The van der Waals surface area contributed by atoms with Gasteiger partial charge in [0.1, 0.15) is 11.5 Å². The van der Waals surface area contributed by atoms with Gasteiger partial charge in [-0.05, 0) is 54.3 Å². The van der Waals surface area contributed by atoms with Crippen molar-refractivity contribution < 1.29 is 19.4 Å². The molecule has 0 bridgehead atoms. The number of aliphatic carboxylic acids is 1. The molecule has 2 aromatic carbocycles. The third kappa shape index (κ3) is 4.67. The zero-order valence-electron chi connectivity index (χ0n) is 13.5. The second-order valence-corrected chi connectivity index (χ2v) is 6.00. The highest BCUT2D eigenvalue weighted by Gasteiger charge is 2.05. The number of ether oxygens (including phenoxy) is 2. The molecule has 25 heavy (non-hydrogen) atoms. The van der Waals surface area contributed by atoms with Crippen LogP contribution in [0.25, 0.3) is 10.9 Å². The molecule has 0 aliphatic heterocycles. The van der Waals surface area contributed by atoms with Crippen LogP contribution in [0.15, 0.2) is 54.7 Å². The van der Waals surface area contributed by atoms with E-state index in [1.54, 1.807) is 18.2 Å². The number of benzene rings is 2. The van der Waals surface area contributed by atoms with Crippen molar-refractivity contribution in [1.82, 2.24) is 4.57 Å². The monoisotopic (exact) mass is 359 g/mol. The van der Waals surface area contributed by atoms with E-state index in [4.69, 9.17) is 26.2 Å². The molecule has 0 radical (unpaired) electrons. The Morgan fingerprint density at radius 3 is 2.56 bits per heavy atom. The minimum Gasteiger partial charge on any atom is -0.494 e. The molecule has 0 saturated heterocycles. The zero-order chi connectivity index (χ0) is 17.6. The number of carbonyl (C=O) groups is 1. The summed E-state index contributed by atoms with van der Waals surface area (Å²) < 4.78 is 13.0. The molecule has 3 aromatic rings. The maximum atomic E-state index is 10.6. The molecule has 0 aliphatic carbocycles. The molecule has 130 valence electrons. The molecule has 0 amide bonds. The molecule has 0 unspecified atom stereocenters. The Balaban J connectivity index is 1.58. The molecule has 6 heteroatoms. The van der Waals surface area contributed by atoms with Crippen molar-refractivity contribution in [2.75, 3.05) is 13.2 Å². The maximum absolute atomic E-state index is 10.6. The van der Waals surface area contributed by atoms with Crippen molar-refractivity contribution in [3.8, 4) is 11.5 Å². The van der Waals surface area contributed by atoms with Crippen molar-refractivity contribution in [3.63, 3.8) is 0 Å². The van der Waals surface area contributed by atoms with E-state index in [9.17, 15) is 4.79 Å². The molecule has 0 saturated carbocycles. The third-order valence-corrected chi connectivity index (χ3v) is 3.99. The van der Waals surface area contributed by atoms with Gasteiger partial charge < -0.3 is 19.1 Å². The Hall–Kier alpha value is -2.66. The van der Waals surface area contributed by atoms with Crippen molar-refractivity contribution in [2.45, 2.75) is 13.0 Å². The fraction of sp³-hybridized carbons (Fsp3) is 0.211. The smallest absolute Gasteiger partial charge is 0.341 e. The van der Waals surface area contributed by atoms with Crippen LogP contribution < -0.4 is 9.47 Å². The van der Waals surface area contributed by atoms with Gasteiger partial charge in [-0.2, -0.15) is 0 Å². The van der Waals surface area contributed by atoms with Gasteiger partial charge in [0.2, 0.25) is 0 Å². The van der Waals surface area contributed by atoms with Gasteiger partial charge in [0.25, 0.3) is 0 Å². The fourth-order valence-corrected chi connectivity index (χ4v) is 2.68. The lowest BCUT2D eigenvalue weighted by atomic mass is 10.2.